The molecule has 1 N–H and O–H groups in total. The van der Waals surface area contributed by atoms with Crippen LogP contribution < -0.4 is 10.4 Å². The third-order valence-electron chi connectivity index (χ3n) is 2.38. The van der Waals surface area contributed by atoms with Crippen molar-refractivity contribution in [2.75, 3.05) is 6.61 Å². The minimum Gasteiger partial charge on any atom is -0.482 e. The van der Waals surface area contributed by atoms with Gasteiger partial charge < -0.3 is 14.3 Å². The number of carboxylic acids is 1. The number of alkyl halides is 3. The molecule has 0 aliphatic carbocycles. The van der Waals surface area contributed by atoms with E-state index in [4.69, 9.17) is 9.84 Å². The number of carbonyl (C=O) groups is 1. The van der Waals surface area contributed by atoms with Gasteiger partial charge in [-0.2, -0.15) is 13.2 Å². The Hall–Kier alpha value is -2.51. The molecule has 0 aliphatic heterocycles. The average molecular weight is 288 g/mol. The molecule has 0 aliphatic rings. The lowest BCUT2D eigenvalue weighted by Crippen LogP contribution is -2.11. The fourth-order valence-electron chi connectivity index (χ4n) is 1.61. The van der Waals surface area contributed by atoms with E-state index in [2.05, 4.69) is 4.42 Å². The Balaban J connectivity index is 2.54. The maximum atomic E-state index is 12.8. The summed E-state index contributed by atoms with van der Waals surface area (Å²) in [6.07, 6.45) is -4.70. The number of halogens is 3. The minimum atomic E-state index is -4.70. The maximum Gasteiger partial charge on any atom is 0.417 e. The first kappa shape index (κ1) is 13.9. The van der Waals surface area contributed by atoms with Gasteiger partial charge in [-0.1, -0.05) is 0 Å². The van der Waals surface area contributed by atoms with Crippen molar-refractivity contribution in [3.8, 4) is 5.75 Å². The van der Waals surface area contributed by atoms with Crippen molar-refractivity contribution >= 4 is 16.9 Å². The first-order chi connectivity index (χ1) is 9.27. The molecule has 8 heteroatoms. The molecular formula is C12H7F3O5. The van der Waals surface area contributed by atoms with Gasteiger partial charge in [-0.25, -0.2) is 9.59 Å². The normalized spacial score (nSPS) is 11.6. The second-order valence-corrected chi connectivity index (χ2v) is 3.82. The molecule has 2 aromatic rings. The van der Waals surface area contributed by atoms with Gasteiger partial charge in [-0.3, -0.25) is 0 Å². The van der Waals surface area contributed by atoms with Crippen LogP contribution >= 0.6 is 0 Å². The minimum absolute atomic E-state index is 0.0117. The van der Waals surface area contributed by atoms with Crippen molar-refractivity contribution in [1.29, 1.82) is 0 Å². The Bertz CT molecular complexity index is 717. The number of hydrogen-bond acceptors (Lipinski definition) is 4. The molecule has 0 amide bonds. The highest BCUT2D eigenvalue weighted by molar-refractivity contribution is 5.82. The van der Waals surface area contributed by atoms with Crippen LogP contribution in [0.15, 0.2) is 33.5 Å². The van der Waals surface area contributed by atoms with Gasteiger partial charge in [-0.15, -0.1) is 0 Å². The topological polar surface area (TPSA) is 76.7 Å². The highest BCUT2D eigenvalue weighted by atomic mass is 19.4. The Labute approximate surface area is 109 Å². The fourth-order valence-corrected chi connectivity index (χ4v) is 1.61. The van der Waals surface area contributed by atoms with Crippen LogP contribution in [0.1, 0.15) is 5.56 Å². The summed E-state index contributed by atoms with van der Waals surface area (Å²) in [5.74, 6) is -1.25. The molecule has 0 radical (unpaired) electrons. The smallest absolute Gasteiger partial charge is 0.417 e. The molecule has 5 nitrogen and oxygen atoms in total. The number of fused-ring (bicyclic) bond motifs is 1. The van der Waals surface area contributed by atoms with E-state index in [-0.39, 0.29) is 16.7 Å². The lowest BCUT2D eigenvalue weighted by atomic mass is 10.1. The van der Waals surface area contributed by atoms with Crippen molar-refractivity contribution in [1.82, 2.24) is 0 Å². The predicted molar refractivity (Wildman–Crippen MR) is 60.6 cm³/mol. The van der Waals surface area contributed by atoms with Crippen LogP contribution in [0.4, 0.5) is 13.2 Å². The van der Waals surface area contributed by atoms with Crippen molar-refractivity contribution < 1.29 is 32.2 Å². The average Bonchev–Trinajstić information content (AvgIpc) is 2.33. The summed E-state index contributed by atoms with van der Waals surface area (Å²) in [5.41, 5.74) is -2.60. The number of carboxylic acid groups (broad SMARTS) is 1. The highest BCUT2D eigenvalue weighted by Gasteiger charge is 2.33. The second-order valence-electron chi connectivity index (χ2n) is 3.82. The summed E-state index contributed by atoms with van der Waals surface area (Å²) < 4.78 is 47.7. The first-order valence-corrected chi connectivity index (χ1v) is 5.27. The summed E-state index contributed by atoms with van der Waals surface area (Å²) in [6.45, 7) is -0.658. The van der Waals surface area contributed by atoms with Gasteiger partial charge in [0.25, 0.3) is 0 Å². The van der Waals surface area contributed by atoms with E-state index in [0.29, 0.717) is 6.07 Å². The second kappa shape index (κ2) is 4.87. The van der Waals surface area contributed by atoms with Crippen molar-refractivity contribution in [3.05, 3.63) is 40.2 Å². The van der Waals surface area contributed by atoms with E-state index in [0.717, 1.165) is 12.1 Å². The van der Waals surface area contributed by atoms with Gasteiger partial charge >= 0.3 is 17.8 Å². The molecule has 1 heterocycles. The molecule has 0 saturated heterocycles. The van der Waals surface area contributed by atoms with Gasteiger partial charge in [0.05, 0.1) is 5.56 Å². The van der Waals surface area contributed by atoms with E-state index < -0.39 is 29.9 Å². The molecule has 0 bridgehead atoms. The molecule has 2 rings (SSSR count). The summed E-state index contributed by atoms with van der Waals surface area (Å²) in [4.78, 5) is 21.5. The van der Waals surface area contributed by atoms with E-state index in [1.165, 1.54) is 6.07 Å². The Morgan fingerprint density at radius 3 is 2.60 bits per heavy atom. The summed E-state index contributed by atoms with van der Waals surface area (Å²) in [6, 6.07) is 3.62. The van der Waals surface area contributed by atoms with E-state index in [1.807, 2.05) is 0 Å². The predicted octanol–water partition coefficient (Wildman–Crippen LogP) is 2.28. The molecule has 0 saturated carbocycles. The lowest BCUT2D eigenvalue weighted by molar-refractivity contribution is -0.139. The van der Waals surface area contributed by atoms with E-state index in [1.54, 1.807) is 0 Å². The quantitative estimate of drug-likeness (QED) is 0.877. The molecule has 1 aromatic heterocycles. The molecule has 0 spiro atoms. The van der Waals surface area contributed by atoms with Gasteiger partial charge in [0, 0.05) is 17.5 Å². The Morgan fingerprint density at radius 1 is 1.30 bits per heavy atom. The summed E-state index contributed by atoms with van der Waals surface area (Å²) in [7, 11) is 0. The standard InChI is InChI=1S/C12H7F3O5/c13-12(14,15)8-4-11(18)20-9-3-6(1-2-7(8)9)19-5-10(16)17/h1-4H,5H2,(H,16,17). The van der Waals surface area contributed by atoms with E-state index >= 15 is 0 Å². The Morgan fingerprint density at radius 2 is 2.00 bits per heavy atom. The number of aliphatic carboxylic acids is 1. The monoisotopic (exact) mass is 288 g/mol. The zero-order valence-electron chi connectivity index (χ0n) is 9.73. The SMILES string of the molecule is O=C(O)COc1ccc2c(C(F)(F)F)cc(=O)oc2c1. The van der Waals surface area contributed by atoms with Crippen LogP contribution in [-0.2, 0) is 11.0 Å². The van der Waals surface area contributed by atoms with Gasteiger partial charge in [0.15, 0.2) is 6.61 Å². The molecule has 0 unspecified atom stereocenters. The number of benzene rings is 1. The van der Waals surface area contributed by atoms with Crippen LogP contribution in [0.2, 0.25) is 0 Å². The molecule has 1 aromatic carbocycles. The molecule has 0 fully saturated rings. The molecular weight excluding hydrogens is 281 g/mol. The first-order valence-electron chi connectivity index (χ1n) is 5.27. The lowest BCUT2D eigenvalue weighted by Gasteiger charge is -2.10. The largest absolute Gasteiger partial charge is 0.482 e. The van der Waals surface area contributed by atoms with Crippen molar-refractivity contribution in [3.63, 3.8) is 0 Å². The maximum absolute atomic E-state index is 12.8. The third kappa shape index (κ3) is 2.90. The highest BCUT2D eigenvalue weighted by Crippen LogP contribution is 2.34. The van der Waals surface area contributed by atoms with Gasteiger partial charge in [0.1, 0.15) is 11.3 Å². The van der Waals surface area contributed by atoms with Crippen molar-refractivity contribution in [2.45, 2.75) is 6.18 Å². The zero-order chi connectivity index (χ0) is 14.9. The molecule has 0 atom stereocenters. The number of hydrogen-bond donors (Lipinski definition) is 1. The number of ether oxygens (including phenoxy) is 1. The van der Waals surface area contributed by atoms with Gasteiger partial charge in [0.2, 0.25) is 0 Å². The Kier molecular flexibility index (Phi) is 3.39. The molecule has 20 heavy (non-hydrogen) atoms. The van der Waals surface area contributed by atoms with Crippen LogP contribution in [-0.4, -0.2) is 17.7 Å². The third-order valence-corrected chi connectivity index (χ3v) is 2.38. The van der Waals surface area contributed by atoms with E-state index in [9.17, 15) is 22.8 Å². The van der Waals surface area contributed by atoms with Crippen LogP contribution in [0.25, 0.3) is 11.0 Å². The van der Waals surface area contributed by atoms with Crippen LogP contribution in [0.5, 0.6) is 5.75 Å². The van der Waals surface area contributed by atoms with Crippen LogP contribution in [0.3, 0.4) is 0 Å². The van der Waals surface area contributed by atoms with Gasteiger partial charge in [-0.05, 0) is 12.1 Å². The zero-order valence-corrected chi connectivity index (χ0v) is 9.73. The summed E-state index contributed by atoms with van der Waals surface area (Å²) in [5, 5.41) is 8.13. The van der Waals surface area contributed by atoms with Crippen LogP contribution in [0, 0.1) is 0 Å². The number of rotatable bonds is 3. The summed E-state index contributed by atoms with van der Waals surface area (Å²) >= 11 is 0. The molecule has 106 valence electrons. The fraction of sp³-hybridized carbons (Fsp3) is 0.167. The van der Waals surface area contributed by atoms with Crippen molar-refractivity contribution in [2.24, 2.45) is 0 Å².